The van der Waals surface area contributed by atoms with Crippen molar-refractivity contribution in [2.75, 3.05) is 25.5 Å². The van der Waals surface area contributed by atoms with E-state index in [1.165, 1.54) is 0 Å². The molecule has 0 aliphatic carbocycles. The van der Waals surface area contributed by atoms with Gasteiger partial charge in [0.05, 0.1) is 0 Å². The van der Waals surface area contributed by atoms with Crippen LogP contribution in [0.2, 0.25) is 0 Å². The zero-order valence-electron chi connectivity index (χ0n) is 11.0. The minimum atomic E-state index is 0.0986. The van der Waals surface area contributed by atoms with E-state index in [9.17, 15) is 4.79 Å². The van der Waals surface area contributed by atoms with E-state index >= 15 is 0 Å². The van der Waals surface area contributed by atoms with Crippen LogP contribution in [-0.4, -0.2) is 30.9 Å². The summed E-state index contributed by atoms with van der Waals surface area (Å²) in [6, 6.07) is 7.65. The third kappa shape index (κ3) is 4.10. The van der Waals surface area contributed by atoms with Crippen LogP contribution < -0.4 is 5.32 Å². The molecule has 1 aromatic rings. The number of anilines is 1. The van der Waals surface area contributed by atoms with E-state index in [4.69, 9.17) is 0 Å². The van der Waals surface area contributed by atoms with E-state index in [1.807, 2.05) is 31.3 Å². The lowest BCUT2D eigenvalue weighted by Crippen LogP contribution is -2.27. The topological polar surface area (TPSA) is 32.3 Å². The van der Waals surface area contributed by atoms with Crippen LogP contribution in [0.1, 0.15) is 37.0 Å². The highest BCUT2D eigenvalue weighted by Crippen LogP contribution is 2.11. The highest BCUT2D eigenvalue weighted by Gasteiger charge is 2.10. The Balaban J connectivity index is 2.62. The lowest BCUT2D eigenvalue weighted by molar-refractivity contribution is 0.0793. The molecular weight excluding hydrogens is 212 g/mol. The Labute approximate surface area is 104 Å². The zero-order valence-corrected chi connectivity index (χ0v) is 11.0. The normalized spacial score (nSPS) is 10.1. The van der Waals surface area contributed by atoms with Crippen LogP contribution in [-0.2, 0) is 0 Å². The van der Waals surface area contributed by atoms with Gasteiger partial charge in [-0.05, 0) is 37.6 Å². The molecule has 0 fully saturated rings. The molecular formula is C14H22N2O. The first kappa shape index (κ1) is 13.6. The summed E-state index contributed by atoms with van der Waals surface area (Å²) in [4.78, 5) is 13.8. The van der Waals surface area contributed by atoms with Crippen molar-refractivity contribution in [1.82, 2.24) is 4.90 Å². The Morgan fingerprint density at radius 3 is 2.41 bits per heavy atom. The Kier molecular flexibility index (Phi) is 5.53. The Hall–Kier alpha value is -1.51. The second kappa shape index (κ2) is 6.94. The number of carbonyl (C=O) groups excluding carboxylic acids is 1. The lowest BCUT2D eigenvalue weighted by atomic mass is 10.1. The average molecular weight is 234 g/mol. The van der Waals surface area contributed by atoms with E-state index in [-0.39, 0.29) is 5.91 Å². The smallest absolute Gasteiger partial charge is 0.253 e. The van der Waals surface area contributed by atoms with Crippen molar-refractivity contribution in [2.45, 2.75) is 26.7 Å². The molecule has 0 aliphatic heterocycles. The number of hydrogen-bond donors (Lipinski definition) is 1. The van der Waals surface area contributed by atoms with Gasteiger partial charge in [0, 0.05) is 31.4 Å². The number of carbonyl (C=O) groups is 1. The number of amides is 1. The summed E-state index contributed by atoms with van der Waals surface area (Å²) < 4.78 is 0. The number of rotatable bonds is 6. The van der Waals surface area contributed by atoms with E-state index in [2.05, 4.69) is 19.2 Å². The Bertz CT molecular complexity index is 346. The molecule has 1 amide bonds. The summed E-state index contributed by atoms with van der Waals surface area (Å²) in [6.45, 7) is 5.90. The summed E-state index contributed by atoms with van der Waals surface area (Å²) in [5, 5.41) is 3.21. The van der Waals surface area contributed by atoms with Gasteiger partial charge in [-0.2, -0.15) is 0 Å². The van der Waals surface area contributed by atoms with Crippen molar-refractivity contribution in [3.8, 4) is 0 Å². The molecule has 0 aromatic heterocycles. The van der Waals surface area contributed by atoms with Gasteiger partial charge in [0.2, 0.25) is 0 Å². The number of nitrogens with one attached hydrogen (secondary N) is 1. The summed E-state index contributed by atoms with van der Waals surface area (Å²) in [6.07, 6.45) is 2.16. The molecule has 17 heavy (non-hydrogen) atoms. The molecule has 1 N–H and O–H groups in total. The third-order valence-corrected chi connectivity index (χ3v) is 2.71. The summed E-state index contributed by atoms with van der Waals surface area (Å²) in [7, 11) is 1.86. The molecule has 0 saturated carbocycles. The first-order valence-electron chi connectivity index (χ1n) is 6.28. The van der Waals surface area contributed by atoms with Crippen LogP contribution in [0.5, 0.6) is 0 Å². The molecule has 94 valence electrons. The van der Waals surface area contributed by atoms with Crippen molar-refractivity contribution in [2.24, 2.45) is 0 Å². The first-order chi connectivity index (χ1) is 8.19. The fourth-order valence-electron chi connectivity index (χ4n) is 1.65. The third-order valence-electron chi connectivity index (χ3n) is 2.71. The highest BCUT2D eigenvalue weighted by atomic mass is 16.2. The monoisotopic (exact) mass is 234 g/mol. The fraction of sp³-hybridized carbons (Fsp3) is 0.500. The van der Waals surface area contributed by atoms with Gasteiger partial charge in [0.1, 0.15) is 0 Å². The Morgan fingerprint density at radius 2 is 1.88 bits per heavy atom. The van der Waals surface area contributed by atoms with Gasteiger partial charge in [-0.3, -0.25) is 4.79 Å². The van der Waals surface area contributed by atoms with Gasteiger partial charge in [0.25, 0.3) is 5.91 Å². The largest absolute Gasteiger partial charge is 0.385 e. The van der Waals surface area contributed by atoms with Crippen LogP contribution in [0.4, 0.5) is 5.69 Å². The van der Waals surface area contributed by atoms with Crippen LogP contribution in [0.15, 0.2) is 24.3 Å². The molecule has 3 heteroatoms. The van der Waals surface area contributed by atoms with Crippen molar-refractivity contribution in [1.29, 1.82) is 0 Å². The molecule has 0 saturated heterocycles. The zero-order chi connectivity index (χ0) is 12.7. The van der Waals surface area contributed by atoms with Gasteiger partial charge in [-0.1, -0.05) is 13.3 Å². The predicted molar refractivity (Wildman–Crippen MR) is 72.5 cm³/mol. The summed E-state index contributed by atoms with van der Waals surface area (Å²) in [5.74, 6) is 0.0986. The molecule has 0 unspecified atom stereocenters. The van der Waals surface area contributed by atoms with Gasteiger partial charge >= 0.3 is 0 Å². The van der Waals surface area contributed by atoms with Crippen LogP contribution in [0, 0.1) is 0 Å². The molecule has 0 heterocycles. The maximum absolute atomic E-state index is 12.0. The number of unbranched alkanes of at least 4 members (excludes halogenated alkanes) is 1. The molecule has 1 aromatic carbocycles. The fourth-order valence-corrected chi connectivity index (χ4v) is 1.65. The highest BCUT2D eigenvalue weighted by molar-refractivity contribution is 5.94. The van der Waals surface area contributed by atoms with E-state index in [1.54, 1.807) is 4.90 Å². The van der Waals surface area contributed by atoms with Crippen molar-refractivity contribution in [3.63, 3.8) is 0 Å². The van der Waals surface area contributed by atoms with Gasteiger partial charge in [-0.15, -0.1) is 0 Å². The van der Waals surface area contributed by atoms with Crippen LogP contribution in [0.3, 0.4) is 0 Å². The molecule has 3 nitrogen and oxygen atoms in total. The second-order valence-electron chi connectivity index (χ2n) is 4.19. The van der Waals surface area contributed by atoms with Crippen molar-refractivity contribution in [3.05, 3.63) is 29.8 Å². The predicted octanol–water partition coefficient (Wildman–Crippen LogP) is 2.99. The van der Waals surface area contributed by atoms with Crippen molar-refractivity contribution < 1.29 is 4.79 Å². The minimum Gasteiger partial charge on any atom is -0.385 e. The standard InChI is InChI=1S/C14H22N2O/c1-4-6-11-16(3)14(17)12-7-9-13(10-8-12)15-5-2/h7-10,15H,4-6,11H2,1-3H3. The summed E-state index contributed by atoms with van der Waals surface area (Å²) in [5.41, 5.74) is 1.81. The number of benzene rings is 1. The maximum Gasteiger partial charge on any atom is 0.253 e. The molecule has 0 radical (unpaired) electrons. The van der Waals surface area contributed by atoms with E-state index < -0.39 is 0 Å². The van der Waals surface area contributed by atoms with Gasteiger partial charge in [0.15, 0.2) is 0 Å². The van der Waals surface area contributed by atoms with Crippen molar-refractivity contribution >= 4 is 11.6 Å². The average Bonchev–Trinajstić information content (AvgIpc) is 2.36. The van der Waals surface area contributed by atoms with E-state index in [0.717, 1.165) is 37.2 Å². The van der Waals surface area contributed by atoms with Crippen LogP contribution >= 0.6 is 0 Å². The maximum atomic E-state index is 12.0. The molecule has 1 rings (SSSR count). The number of hydrogen-bond acceptors (Lipinski definition) is 2. The SMILES string of the molecule is CCCCN(C)C(=O)c1ccc(NCC)cc1. The van der Waals surface area contributed by atoms with E-state index in [0.29, 0.717) is 0 Å². The first-order valence-corrected chi connectivity index (χ1v) is 6.28. The minimum absolute atomic E-state index is 0.0986. The van der Waals surface area contributed by atoms with Gasteiger partial charge in [-0.25, -0.2) is 0 Å². The second-order valence-corrected chi connectivity index (χ2v) is 4.19. The molecule has 0 atom stereocenters. The molecule has 0 spiro atoms. The number of nitrogens with zero attached hydrogens (tertiary/aromatic N) is 1. The van der Waals surface area contributed by atoms with Crippen LogP contribution in [0.25, 0.3) is 0 Å². The molecule has 0 aliphatic rings. The van der Waals surface area contributed by atoms with Gasteiger partial charge < -0.3 is 10.2 Å². The lowest BCUT2D eigenvalue weighted by Gasteiger charge is -2.16. The quantitative estimate of drug-likeness (QED) is 0.820. The Morgan fingerprint density at radius 1 is 1.24 bits per heavy atom. The molecule has 0 bridgehead atoms. The summed E-state index contributed by atoms with van der Waals surface area (Å²) >= 11 is 0.